The molecule has 2 N–H and O–H groups in total. The van der Waals surface area contributed by atoms with Crippen LogP contribution in [0.15, 0.2) is 0 Å². The van der Waals surface area contributed by atoms with Crippen molar-refractivity contribution >= 4 is 0 Å². The lowest BCUT2D eigenvalue weighted by atomic mass is 10.1. The van der Waals surface area contributed by atoms with Crippen LogP contribution in [0.2, 0.25) is 0 Å². The average Bonchev–Trinajstić information content (AvgIpc) is 2.25. The summed E-state index contributed by atoms with van der Waals surface area (Å²) >= 11 is 0. The number of hydrogen-bond acceptors (Lipinski definition) is 3. The summed E-state index contributed by atoms with van der Waals surface area (Å²) in [5.74, 6) is 0. The summed E-state index contributed by atoms with van der Waals surface area (Å²) in [6.07, 6.45) is -2.79. The molecule has 0 unspecified atom stereocenters. The summed E-state index contributed by atoms with van der Waals surface area (Å²) in [7, 11) is 1.74. The minimum absolute atomic E-state index is 0.0802. The molecule has 0 aromatic heterocycles. The second kappa shape index (κ2) is 6.56. The van der Waals surface area contributed by atoms with Crippen LogP contribution in [0, 0.1) is 0 Å². The van der Waals surface area contributed by atoms with E-state index in [9.17, 15) is 13.2 Å². The van der Waals surface area contributed by atoms with Gasteiger partial charge in [-0.25, -0.2) is 0 Å². The van der Waals surface area contributed by atoms with Gasteiger partial charge in [-0.15, -0.1) is 0 Å². The smallest absolute Gasteiger partial charge is 0.328 e. The van der Waals surface area contributed by atoms with Crippen molar-refractivity contribution in [1.82, 2.24) is 9.80 Å². The second-order valence-electron chi connectivity index (χ2n) is 4.85. The standard InChI is InChI=1S/C11H22F3N3/c1-16(7-4-11(12,13)14)8-9-17-5-2-10(15)3-6-17/h10H,2-9,15H2,1H3. The van der Waals surface area contributed by atoms with Crippen LogP contribution in [0.1, 0.15) is 19.3 Å². The molecule has 1 rings (SSSR count). The minimum atomic E-state index is -4.05. The number of alkyl halides is 3. The molecule has 1 saturated heterocycles. The Bertz CT molecular complexity index is 212. The SMILES string of the molecule is CN(CCN1CCC(N)CC1)CCC(F)(F)F. The van der Waals surface area contributed by atoms with Gasteiger partial charge in [0.05, 0.1) is 6.42 Å². The minimum Gasteiger partial charge on any atom is -0.328 e. The van der Waals surface area contributed by atoms with Crippen LogP contribution < -0.4 is 5.73 Å². The predicted octanol–water partition coefficient (Wildman–Crippen LogP) is 1.29. The van der Waals surface area contributed by atoms with E-state index in [0.29, 0.717) is 12.6 Å². The number of hydrogen-bond donors (Lipinski definition) is 1. The first kappa shape index (κ1) is 14.7. The van der Waals surface area contributed by atoms with E-state index in [1.54, 1.807) is 11.9 Å². The molecular formula is C11H22F3N3. The van der Waals surface area contributed by atoms with Crippen molar-refractivity contribution in [3.05, 3.63) is 0 Å². The first-order valence-corrected chi connectivity index (χ1v) is 6.10. The third kappa shape index (κ3) is 6.85. The Balaban J connectivity index is 2.09. The second-order valence-corrected chi connectivity index (χ2v) is 4.85. The van der Waals surface area contributed by atoms with E-state index >= 15 is 0 Å². The summed E-state index contributed by atoms with van der Waals surface area (Å²) in [4.78, 5) is 4.01. The fourth-order valence-corrected chi connectivity index (χ4v) is 1.92. The average molecular weight is 253 g/mol. The normalized spacial score (nSPS) is 20.1. The maximum atomic E-state index is 12.0. The molecule has 6 heteroatoms. The zero-order valence-corrected chi connectivity index (χ0v) is 10.3. The van der Waals surface area contributed by atoms with Gasteiger partial charge in [-0.2, -0.15) is 13.2 Å². The number of likely N-dealkylation sites (N-methyl/N-ethyl adjacent to an activating group) is 1. The van der Waals surface area contributed by atoms with E-state index in [2.05, 4.69) is 4.90 Å². The number of nitrogens with two attached hydrogens (primary N) is 1. The maximum Gasteiger partial charge on any atom is 0.390 e. The van der Waals surface area contributed by atoms with E-state index in [-0.39, 0.29) is 6.54 Å². The molecule has 0 aromatic carbocycles. The zero-order chi connectivity index (χ0) is 12.9. The Morgan fingerprint density at radius 2 is 1.82 bits per heavy atom. The van der Waals surface area contributed by atoms with E-state index in [0.717, 1.165) is 32.5 Å². The zero-order valence-electron chi connectivity index (χ0n) is 10.3. The Morgan fingerprint density at radius 1 is 1.24 bits per heavy atom. The molecule has 0 bridgehead atoms. The van der Waals surface area contributed by atoms with Gasteiger partial charge in [0.1, 0.15) is 0 Å². The van der Waals surface area contributed by atoms with Crippen LogP contribution in [0.4, 0.5) is 13.2 Å². The number of nitrogens with zero attached hydrogens (tertiary/aromatic N) is 2. The van der Waals surface area contributed by atoms with Crippen molar-refractivity contribution in [3.8, 4) is 0 Å². The van der Waals surface area contributed by atoms with Crippen molar-refractivity contribution in [3.63, 3.8) is 0 Å². The predicted molar refractivity (Wildman–Crippen MR) is 61.8 cm³/mol. The number of likely N-dealkylation sites (tertiary alicyclic amines) is 1. The van der Waals surface area contributed by atoms with Crippen LogP contribution in [0.25, 0.3) is 0 Å². The van der Waals surface area contributed by atoms with Crippen LogP contribution in [-0.4, -0.2) is 61.8 Å². The quantitative estimate of drug-likeness (QED) is 0.801. The number of piperidine rings is 1. The lowest BCUT2D eigenvalue weighted by molar-refractivity contribution is -0.137. The first-order valence-electron chi connectivity index (χ1n) is 6.10. The number of rotatable bonds is 5. The number of halogens is 3. The molecule has 0 atom stereocenters. The van der Waals surface area contributed by atoms with E-state index in [4.69, 9.17) is 5.73 Å². The molecule has 1 fully saturated rings. The largest absolute Gasteiger partial charge is 0.390 e. The van der Waals surface area contributed by atoms with E-state index in [1.165, 1.54) is 0 Å². The monoisotopic (exact) mass is 253 g/mol. The third-order valence-corrected chi connectivity index (χ3v) is 3.21. The summed E-state index contributed by atoms with van der Waals surface area (Å²) in [5, 5.41) is 0. The Labute approximate surface area is 101 Å². The maximum absolute atomic E-state index is 12.0. The molecule has 102 valence electrons. The van der Waals surface area contributed by atoms with Gasteiger partial charge in [0.25, 0.3) is 0 Å². The van der Waals surface area contributed by atoms with Gasteiger partial charge in [-0.05, 0) is 33.0 Å². The van der Waals surface area contributed by atoms with Gasteiger partial charge in [0.15, 0.2) is 0 Å². The summed E-state index contributed by atoms with van der Waals surface area (Å²) in [5.41, 5.74) is 5.79. The first-order chi connectivity index (χ1) is 7.87. The molecule has 1 heterocycles. The Kier molecular flexibility index (Phi) is 5.69. The van der Waals surface area contributed by atoms with Crippen molar-refractivity contribution in [1.29, 1.82) is 0 Å². The summed E-state index contributed by atoms with van der Waals surface area (Å²) < 4.78 is 36.0. The molecule has 0 amide bonds. The molecule has 1 aliphatic rings. The van der Waals surface area contributed by atoms with Crippen LogP contribution in [-0.2, 0) is 0 Å². The van der Waals surface area contributed by atoms with Crippen LogP contribution >= 0.6 is 0 Å². The van der Waals surface area contributed by atoms with E-state index in [1.807, 2.05) is 0 Å². The summed E-state index contributed by atoms with van der Waals surface area (Å²) in [6, 6.07) is 0.300. The van der Waals surface area contributed by atoms with Crippen molar-refractivity contribution in [2.24, 2.45) is 5.73 Å². The van der Waals surface area contributed by atoms with Crippen molar-refractivity contribution in [2.45, 2.75) is 31.5 Å². The molecular weight excluding hydrogens is 231 g/mol. The summed E-state index contributed by atoms with van der Waals surface area (Å²) in [6.45, 7) is 3.53. The Hall–Kier alpha value is -0.330. The lowest BCUT2D eigenvalue weighted by Crippen LogP contribution is -2.42. The fourth-order valence-electron chi connectivity index (χ4n) is 1.92. The topological polar surface area (TPSA) is 32.5 Å². The molecule has 0 aromatic rings. The van der Waals surface area contributed by atoms with E-state index < -0.39 is 12.6 Å². The third-order valence-electron chi connectivity index (χ3n) is 3.21. The van der Waals surface area contributed by atoms with Gasteiger partial charge in [0.2, 0.25) is 0 Å². The highest BCUT2D eigenvalue weighted by atomic mass is 19.4. The van der Waals surface area contributed by atoms with Gasteiger partial charge in [-0.3, -0.25) is 0 Å². The molecule has 0 radical (unpaired) electrons. The molecule has 17 heavy (non-hydrogen) atoms. The highest BCUT2D eigenvalue weighted by Crippen LogP contribution is 2.19. The molecule has 1 aliphatic heterocycles. The molecule has 3 nitrogen and oxygen atoms in total. The molecule has 0 saturated carbocycles. The van der Waals surface area contributed by atoms with Gasteiger partial charge < -0.3 is 15.5 Å². The molecule has 0 aliphatic carbocycles. The fraction of sp³-hybridized carbons (Fsp3) is 1.00. The van der Waals surface area contributed by atoms with Crippen LogP contribution in [0.3, 0.4) is 0 Å². The van der Waals surface area contributed by atoms with Crippen molar-refractivity contribution < 1.29 is 13.2 Å². The lowest BCUT2D eigenvalue weighted by Gasteiger charge is -2.31. The highest BCUT2D eigenvalue weighted by molar-refractivity contribution is 4.74. The highest BCUT2D eigenvalue weighted by Gasteiger charge is 2.27. The van der Waals surface area contributed by atoms with Gasteiger partial charge in [-0.1, -0.05) is 0 Å². The molecule has 0 spiro atoms. The van der Waals surface area contributed by atoms with Crippen LogP contribution in [0.5, 0.6) is 0 Å². The Morgan fingerprint density at radius 3 is 2.35 bits per heavy atom. The van der Waals surface area contributed by atoms with Crippen molar-refractivity contribution in [2.75, 3.05) is 39.8 Å². The van der Waals surface area contributed by atoms with Gasteiger partial charge in [0, 0.05) is 25.7 Å². The van der Waals surface area contributed by atoms with Gasteiger partial charge >= 0.3 is 6.18 Å².